The van der Waals surface area contributed by atoms with Crippen LogP contribution in [0.3, 0.4) is 0 Å². The van der Waals surface area contributed by atoms with Crippen LogP contribution in [0.25, 0.3) is 27.8 Å². The second-order valence-electron chi connectivity index (χ2n) is 7.01. The predicted octanol–water partition coefficient (Wildman–Crippen LogP) is 4.16. The van der Waals surface area contributed by atoms with Gasteiger partial charge in [0.1, 0.15) is 29.3 Å². The molecule has 32 heavy (non-hydrogen) atoms. The molecule has 5 aromatic rings. The fraction of sp³-hybridized carbons (Fsp3) is 0.0952. The minimum atomic E-state index is -0.765. The standard InChI is InChI=1S/C21H14ClF2N7O/c1-10(29-19-17-18(26-8-25-17)27-9-28-19)20-30-13-7-6-12(24)16(22)15(13)21(32)31(20)14-5-3-2-4-11(14)23/h2-10H,1H3,(H2,25,26,27,28,29)/t10-/m1/s1. The van der Waals surface area contributed by atoms with Crippen LogP contribution in [0.5, 0.6) is 0 Å². The SMILES string of the molecule is C[C@@H](Nc1ncnc2[nH]cnc12)c1nc2ccc(F)c(Cl)c2c(=O)n1-c1ccccc1F. The van der Waals surface area contributed by atoms with Crippen molar-refractivity contribution in [3.05, 3.63) is 81.9 Å². The zero-order valence-corrected chi connectivity index (χ0v) is 17.2. The fourth-order valence-electron chi connectivity index (χ4n) is 3.52. The number of para-hydroxylation sites is 1. The Morgan fingerprint density at radius 1 is 1.09 bits per heavy atom. The molecule has 3 aromatic heterocycles. The Bertz CT molecular complexity index is 1550. The summed E-state index contributed by atoms with van der Waals surface area (Å²) in [4.78, 5) is 33.4. The van der Waals surface area contributed by atoms with E-state index < -0.39 is 23.2 Å². The maximum absolute atomic E-state index is 14.7. The van der Waals surface area contributed by atoms with Gasteiger partial charge in [0, 0.05) is 0 Å². The molecule has 0 spiro atoms. The largest absolute Gasteiger partial charge is 0.358 e. The first-order valence-corrected chi connectivity index (χ1v) is 9.89. The summed E-state index contributed by atoms with van der Waals surface area (Å²) in [5.41, 5.74) is 0.467. The minimum absolute atomic E-state index is 0.0384. The van der Waals surface area contributed by atoms with Crippen molar-refractivity contribution >= 4 is 39.5 Å². The third-order valence-corrected chi connectivity index (χ3v) is 5.37. The molecule has 0 aliphatic rings. The van der Waals surface area contributed by atoms with E-state index in [0.29, 0.717) is 17.0 Å². The molecule has 0 bridgehead atoms. The number of anilines is 1. The first kappa shape index (κ1) is 20.0. The van der Waals surface area contributed by atoms with Crippen LogP contribution in [-0.4, -0.2) is 29.5 Å². The van der Waals surface area contributed by atoms with E-state index in [2.05, 4.69) is 30.2 Å². The van der Waals surface area contributed by atoms with Crippen molar-refractivity contribution in [3.63, 3.8) is 0 Å². The maximum Gasteiger partial charge on any atom is 0.267 e. The molecule has 0 aliphatic carbocycles. The van der Waals surface area contributed by atoms with Gasteiger partial charge >= 0.3 is 0 Å². The second kappa shape index (κ2) is 7.65. The molecule has 2 N–H and O–H groups in total. The predicted molar refractivity (Wildman–Crippen MR) is 116 cm³/mol. The van der Waals surface area contributed by atoms with E-state index in [9.17, 15) is 13.6 Å². The van der Waals surface area contributed by atoms with Gasteiger partial charge in [-0.2, -0.15) is 0 Å². The van der Waals surface area contributed by atoms with Crippen molar-refractivity contribution in [1.82, 2.24) is 29.5 Å². The molecule has 0 saturated heterocycles. The van der Waals surface area contributed by atoms with Crippen molar-refractivity contribution in [2.45, 2.75) is 13.0 Å². The van der Waals surface area contributed by atoms with Gasteiger partial charge in [0.05, 0.1) is 34.0 Å². The molecular formula is C21H14ClF2N7O. The number of rotatable bonds is 4. The summed E-state index contributed by atoms with van der Waals surface area (Å²) < 4.78 is 29.9. The molecule has 11 heteroatoms. The lowest BCUT2D eigenvalue weighted by molar-refractivity contribution is 0.606. The number of aromatic nitrogens is 6. The fourth-order valence-corrected chi connectivity index (χ4v) is 3.76. The van der Waals surface area contributed by atoms with Crippen LogP contribution < -0.4 is 10.9 Å². The van der Waals surface area contributed by atoms with Crippen molar-refractivity contribution in [2.24, 2.45) is 0 Å². The summed E-state index contributed by atoms with van der Waals surface area (Å²) >= 11 is 6.08. The van der Waals surface area contributed by atoms with Gasteiger partial charge in [0.2, 0.25) is 0 Å². The Morgan fingerprint density at radius 2 is 1.91 bits per heavy atom. The van der Waals surface area contributed by atoms with Gasteiger partial charge in [0.25, 0.3) is 5.56 Å². The number of aromatic amines is 1. The molecule has 0 unspecified atom stereocenters. The summed E-state index contributed by atoms with van der Waals surface area (Å²) in [6.45, 7) is 1.73. The molecule has 160 valence electrons. The molecule has 0 radical (unpaired) electrons. The van der Waals surface area contributed by atoms with E-state index in [1.54, 1.807) is 13.0 Å². The summed E-state index contributed by atoms with van der Waals surface area (Å²) in [6.07, 6.45) is 2.84. The van der Waals surface area contributed by atoms with Crippen LogP contribution in [0, 0.1) is 11.6 Å². The Kier molecular flexibility index (Phi) is 4.78. The Morgan fingerprint density at radius 3 is 2.72 bits per heavy atom. The molecule has 2 aromatic carbocycles. The Balaban J connectivity index is 1.75. The van der Waals surface area contributed by atoms with Crippen molar-refractivity contribution in [1.29, 1.82) is 0 Å². The number of fused-ring (bicyclic) bond motifs is 2. The molecule has 0 aliphatic heterocycles. The van der Waals surface area contributed by atoms with Crippen LogP contribution >= 0.6 is 11.6 Å². The van der Waals surface area contributed by atoms with Crippen molar-refractivity contribution < 1.29 is 8.78 Å². The summed E-state index contributed by atoms with van der Waals surface area (Å²) in [6, 6.07) is 7.60. The van der Waals surface area contributed by atoms with E-state index in [4.69, 9.17) is 11.6 Å². The van der Waals surface area contributed by atoms with Crippen LogP contribution in [0.4, 0.5) is 14.6 Å². The molecule has 0 fully saturated rings. The van der Waals surface area contributed by atoms with Gasteiger partial charge in [-0.05, 0) is 31.2 Å². The number of imidazole rings is 1. The normalized spacial score (nSPS) is 12.4. The molecule has 0 saturated carbocycles. The highest BCUT2D eigenvalue weighted by Gasteiger charge is 2.23. The number of halogens is 3. The molecular weight excluding hydrogens is 440 g/mol. The molecule has 8 nitrogen and oxygen atoms in total. The van der Waals surface area contributed by atoms with Crippen molar-refractivity contribution in [3.8, 4) is 5.69 Å². The van der Waals surface area contributed by atoms with E-state index in [1.165, 1.54) is 36.9 Å². The zero-order valence-electron chi connectivity index (χ0n) is 16.5. The monoisotopic (exact) mass is 453 g/mol. The lowest BCUT2D eigenvalue weighted by Gasteiger charge is -2.20. The van der Waals surface area contributed by atoms with Crippen LogP contribution in [0.1, 0.15) is 18.8 Å². The first-order valence-electron chi connectivity index (χ1n) is 9.52. The van der Waals surface area contributed by atoms with E-state index in [-0.39, 0.29) is 27.4 Å². The smallest absolute Gasteiger partial charge is 0.267 e. The summed E-state index contributed by atoms with van der Waals surface area (Å²) in [5.74, 6) is -0.833. The Hall–Kier alpha value is -3.92. The highest BCUT2D eigenvalue weighted by molar-refractivity contribution is 6.35. The van der Waals surface area contributed by atoms with Gasteiger partial charge < -0.3 is 10.3 Å². The quantitative estimate of drug-likeness (QED) is 0.424. The van der Waals surface area contributed by atoms with Gasteiger partial charge in [-0.3, -0.25) is 9.36 Å². The average Bonchev–Trinajstić information content (AvgIpc) is 3.27. The molecule has 5 rings (SSSR count). The molecule has 0 amide bonds. The third kappa shape index (κ3) is 3.16. The van der Waals surface area contributed by atoms with Gasteiger partial charge in [0.15, 0.2) is 11.5 Å². The molecule has 3 heterocycles. The van der Waals surface area contributed by atoms with Crippen LogP contribution in [-0.2, 0) is 0 Å². The van der Waals surface area contributed by atoms with Gasteiger partial charge in [-0.1, -0.05) is 23.7 Å². The highest BCUT2D eigenvalue weighted by Crippen LogP contribution is 2.27. The minimum Gasteiger partial charge on any atom is -0.358 e. The highest BCUT2D eigenvalue weighted by atomic mass is 35.5. The molecule has 1 atom stereocenters. The number of hydrogen-bond acceptors (Lipinski definition) is 6. The number of H-pyrrole nitrogens is 1. The number of benzene rings is 2. The van der Waals surface area contributed by atoms with Gasteiger partial charge in [-0.25, -0.2) is 28.7 Å². The average molecular weight is 454 g/mol. The number of nitrogens with zero attached hydrogens (tertiary/aromatic N) is 5. The number of nitrogens with one attached hydrogen (secondary N) is 2. The van der Waals surface area contributed by atoms with Crippen molar-refractivity contribution in [2.75, 3.05) is 5.32 Å². The lowest BCUT2D eigenvalue weighted by atomic mass is 10.2. The summed E-state index contributed by atoms with van der Waals surface area (Å²) in [7, 11) is 0. The number of hydrogen-bond donors (Lipinski definition) is 2. The lowest BCUT2D eigenvalue weighted by Crippen LogP contribution is -2.28. The topological polar surface area (TPSA) is 101 Å². The van der Waals surface area contributed by atoms with Crippen LogP contribution in [0.15, 0.2) is 53.8 Å². The summed E-state index contributed by atoms with van der Waals surface area (Å²) in [5, 5.41) is 2.64. The van der Waals surface area contributed by atoms with E-state index >= 15 is 0 Å². The maximum atomic E-state index is 14.7. The second-order valence-corrected chi connectivity index (χ2v) is 7.38. The Labute approximate surface area is 184 Å². The van der Waals surface area contributed by atoms with Gasteiger partial charge in [-0.15, -0.1) is 0 Å². The first-order chi connectivity index (χ1) is 15.5. The van der Waals surface area contributed by atoms with E-state index in [1.807, 2.05) is 0 Å². The third-order valence-electron chi connectivity index (χ3n) is 5.00. The zero-order chi connectivity index (χ0) is 22.4. The van der Waals surface area contributed by atoms with Crippen LogP contribution in [0.2, 0.25) is 5.02 Å². The van der Waals surface area contributed by atoms with E-state index in [0.717, 1.165) is 10.6 Å².